The molecule has 0 saturated carbocycles. The maximum atomic E-state index is 12.2. The topological polar surface area (TPSA) is 89.2 Å². The van der Waals surface area contributed by atoms with Crippen LogP contribution < -0.4 is 5.32 Å². The number of carbonyl (C=O) groups is 2. The maximum Gasteiger partial charge on any atom is 0.261 e. The van der Waals surface area contributed by atoms with Gasteiger partial charge in [-0.15, -0.1) is 11.3 Å². The molecule has 0 spiro atoms. The van der Waals surface area contributed by atoms with Gasteiger partial charge in [0.25, 0.3) is 5.91 Å². The van der Waals surface area contributed by atoms with Crippen LogP contribution in [0.4, 0.5) is 5.13 Å². The van der Waals surface area contributed by atoms with Crippen LogP contribution in [-0.4, -0.2) is 31.3 Å². The van der Waals surface area contributed by atoms with E-state index in [4.69, 9.17) is 0 Å². The minimum absolute atomic E-state index is 0.137. The Morgan fingerprint density at radius 1 is 1.35 bits per heavy atom. The second-order valence-electron chi connectivity index (χ2n) is 4.01. The summed E-state index contributed by atoms with van der Waals surface area (Å²) in [5, 5.41) is 8.69. The Balaban J connectivity index is 1.87. The van der Waals surface area contributed by atoms with Gasteiger partial charge >= 0.3 is 0 Å². The van der Waals surface area contributed by atoms with Crippen molar-refractivity contribution in [3.8, 4) is 0 Å². The summed E-state index contributed by atoms with van der Waals surface area (Å²) in [6, 6.07) is 0. The lowest BCUT2D eigenvalue weighted by atomic mass is 10.3. The van der Waals surface area contributed by atoms with E-state index in [2.05, 4.69) is 20.4 Å². The normalized spacial score (nSPS) is 10.7. The maximum absolute atomic E-state index is 12.2. The third-order valence-corrected chi connectivity index (χ3v) is 3.41. The van der Waals surface area contributed by atoms with Crippen LogP contribution >= 0.6 is 11.3 Å². The number of ketones is 1. The highest BCUT2D eigenvalue weighted by Gasteiger charge is 2.15. The van der Waals surface area contributed by atoms with E-state index >= 15 is 0 Å². The first kappa shape index (κ1) is 12.4. The number of carbonyl (C=O) groups excluding carboxylic acids is 2. The van der Waals surface area contributed by atoms with Crippen molar-refractivity contribution in [1.82, 2.24) is 19.6 Å². The van der Waals surface area contributed by atoms with Crippen molar-refractivity contribution in [2.75, 3.05) is 5.32 Å². The van der Waals surface area contributed by atoms with Gasteiger partial charge in [-0.1, -0.05) is 0 Å². The first-order chi connectivity index (χ1) is 9.65. The van der Waals surface area contributed by atoms with Gasteiger partial charge < -0.3 is 0 Å². The number of fused-ring (bicyclic) bond motifs is 1. The molecule has 0 aromatic carbocycles. The number of amides is 1. The number of thiazole rings is 1. The van der Waals surface area contributed by atoms with Crippen LogP contribution in [0.5, 0.6) is 0 Å². The van der Waals surface area contributed by atoms with Crippen LogP contribution in [0.3, 0.4) is 0 Å². The molecule has 20 heavy (non-hydrogen) atoms. The van der Waals surface area contributed by atoms with E-state index in [0.29, 0.717) is 21.9 Å². The Kier molecular flexibility index (Phi) is 2.99. The number of rotatable bonds is 3. The first-order valence-electron chi connectivity index (χ1n) is 5.70. The molecular weight excluding hydrogens is 278 g/mol. The number of hydrogen-bond donors (Lipinski definition) is 1. The molecule has 0 unspecified atom stereocenters. The third-order valence-electron chi connectivity index (χ3n) is 2.65. The summed E-state index contributed by atoms with van der Waals surface area (Å²) in [6.45, 7) is 1.43. The zero-order chi connectivity index (χ0) is 14.1. The van der Waals surface area contributed by atoms with Crippen LogP contribution in [0.1, 0.15) is 27.8 Å². The van der Waals surface area contributed by atoms with Crippen molar-refractivity contribution in [2.45, 2.75) is 6.92 Å². The molecule has 0 aliphatic carbocycles. The zero-order valence-corrected chi connectivity index (χ0v) is 11.2. The number of aromatic nitrogens is 4. The molecule has 7 nitrogen and oxygen atoms in total. The quantitative estimate of drug-likeness (QED) is 0.740. The fraction of sp³-hybridized carbons (Fsp3) is 0.0833. The van der Waals surface area contributed by atoms with Gasteiger partial charge in [-0.05, 0) is 0 Å². The van der Waals surface area contributed by atoms with E-state index in [-0.39, 0.29) is 11.7 Å². The molecule has 0 aliphatic heterocycles. The SMILES string of the molecule is CC(=O)c1csc(NC(=O)c2cnn3ccncc23)n1. The van der Waals surface area contributed by atoms with E-state index in [1.165, 1.54) is 24.5 Å². The molecule has 1 amide bonds. The smallest absolute Gasteiger partial charge is 0.261 e. The van der Waals surface area contributed by atoms with Gasteiger partial charge in [-0.2, -0.15) is 5.10 Å². The summed E-state index contributed by atoms with van der Waals surface area (Å²) < 4.78 is 1.56. The number of hydrogen-bond acceptors (Lipinski definition) is 6. The van der Waals surface area contributed by atoms with Gasteiger partial charge in [0.1, 0.15) is 5.69 Å². The largest absolute Gasteiger partial charge is 0.298 e. The fourth-order valence-electron chi connectivity index (χ4n) is 1.67. The van der Waals surface area contributed by atoms with Crippen molar-refractivity contribution in [2.24, 2.45) is 0 Å². The van der Waals surface area contributed by atoms with Crippen molar-refractivity contribution < 1.29 is 9.59 Å². The lowest BCUT2D eigenvalue weighted by Gasteiger charge is -1.99. The van der Waals surface area contributed by atoms with Crippen LogP contribution in [-0.2, 0) is 0 Å². The Hall–Kier alpha value is -2.61. The second kappa shape index (κ2) is 4.82. The van der Waals surface area contributed by atoms with Gasteiger partial charge in [0.05, 0.1) is 23.5 Å². The number of Topliss-reactive ketones (excluding diaryl/α,β-unsaturated/α-hetero) is 1. The van der Waals surface area contributed by atoms with Gasteiger partial charge in [0.15, 0.2) is 10.9 Å². The van der Waals surface area contributed by atoms with Crippen LogP contribution in [0.15, 0.2) is 30.2 Å². The number of anilines is 1. The number of nitrogens with one attached hydrogen (secondary N) is 1. The third kappa shape index (κ3) is 2.16. The molecule has 0 aliphatic rings. The zero-order valence-electron chi connectivity index (χ0n) is 10.4. The highest BCUT2D eigenvalue weighted by molar-refractivity contribution is 7.14. The average molecular weight is 287 g/mol. The summed E-state index contributed by atoms with van der Waals surface area (Å²) >= 11 is 1.20. The van der Waals surface area contributed by atoms with Crippen molar-refractivity contribution >= 4 is 33.7 Å². The predicted molar refractivity (Wildman–Crippen MR) is 73.1 cm³/mol. The summed E-state index contributed by atoms with van der Waals surface area (Å²) in [7, 11) is 0. The molecule has 0 fully saturated rings. The molecule has 3 aromatic heterocycles. The standard InChI is InChI=1S/C12H9N5O2S/c1-7(18)9-6-20-12(15-9)16-11(19)8-4-14-17-3-2-13-5-10(8)17/h2-6H,1H3,(H,15,16,19). The van der Waals surface area contributed by atoms with E-state index in [1.54, 1.807) is 28.5 Å². The van der Waals surface area contributed by atoms with Crippen molar-refractivity contribution in [3.63, 3.8) is 0 Å². The average Bonchev–Trinajstić information content (AvgIpc) is 3.04. The molecule has 0 radical (unpaired) electrons. The molecule has 0 bridgehead atoms. The van der Waals surface area contributed by atoms with Crippen LogP contribution in [0, 0.1) is 0 Å². The predicted octanol–water partition coefficient (Wildman–Crippen LogP) is 1.64. The van der Waals surface area contributed by atoms with Gasteiger partial charge in [-0.3, -0.25) is 19.9 Å². The molecule has 0 atom stereocenters. The Labute approximate surface area is 117 Å². The second-order valence-corrected chi connectivity index (χ2v) is 4.87. The van der Waals surface area contributed by atoms with E-state index < -0.39 is 0 Å². The van der Waals surface area contributed by atoms with Crippen molar-refractivity contribution in [1.29, 1.82) is 0 Å². The van der Waals surface area contributed by atoms with Crippen LogP contribution in [0.25, 0.3) is 5.52 Å². The van der Waals surface area contributed by atoms with E-state index in [9.17, 15) is 9.59 Å². The van der Waals surface area contributed by atoms with Gasteiger partial charge in [0, 0.05) is 24.7 Å². The molecule has 3 heterocycles. The Morgan fingerprint density at radius 2 is 2.20 bits per heavy atom. The first-order valence-corrected chi connectivity index (χ1v) is 6.58. The van der Waals surface area contributed by atoms with Gasteiger partial charge in [0.2, 0.25) is 0 Å². The molecule has 3 rings (SSSR count). The summed E-state index contributed by atoms with van der Waals surface area (Å²) in [4.78, 5) is 31.3. The fourth-order valence-corrected chi connectivity index (χ4v) is 2.41. The summed E-state index contributed by atoms with van der Waals surface area (Å²) in [6.07, 6.45) is 6.27. The Morgan fingerprint density at radius 3 is 2.95 bits per heavy atom. The molecule has 1 N–H and O–H groups in total. The molecule has 8 heteroatoms. The molecule has 100 valence electrons. The summed E-state index contributed by atoms with van der Waals surface area (Å²) in [5.41, 5.74) is 1.35. The van der Waals surface area contributed by atoms with E-state index in [1.807, 2.05) is 0 Å². The minimum atomic E-state index is -0.336. The molecular formula is C12H9N5O2S. The molecule has 0 saturated heterocycles. The minimum Gasteiger partial charge on any atom is -0.298 e. The van der Waals surface area contributed by atoms with Crippen molar-refractivity contribution in [3.05, 3.63) is 41.4 Å². The Bertz CT molecular complexity index is 807. The highest BCUT2D eigenvalue weighted by atomic mass is 32.1. The molecule has 3 aromatic rings. The lowest BCUT2D eigenvalue weighted by Crippen LogP contribution is -2.11. The summed E-state index contributed by atoms with van der Waals surface area (Å²) in [5.74, 6) is -0.473. The monoisotopic (exact) mass is 287 g/mol. The highest BCUT2D eigenvalue weighted by Crippen LogP contribution is 2.18. The number of nitrogens with zero attached hydrogens (tertiary/aromatic N) is 4. The van der Waals surface area contributed by atoms with Gasteiger partial charge in [-0.25, -0.2) is 9.50 Å². The van der Waals surface area contributed by atoms with Crippen LogP contribution in [0.2, 0.25) is 0 Å². The van der Waals surface area contributed by atoms with E-state index in [0.717, 1.165) is 0 Å². The lowest BCUT2D eigenvalue weighted by molar-refractivity contribution is 0.100.